The molecule has 4 nitrogen and oxygen atoms in total. The van der Waals surface area contributed by atoms with Crippen molar-refractivity contribution >= 4 is 52.5 Å². The second-order valence-electron chi connectivity index (χ2n) is 7.95. The van der Waals surface area contributed by atoms with E-state index in [0.29, 0.717) is 23.2 Å². The number of amidine groups is 1. The maximum atomic E-state index is 12.7. The van der Waals surface area contributed by atoms with Gasteiger partial charge in [0.05, 0.1) is 16.8 Å². The summed E-state index contributed by atoms with van der Waals surface area (Å²) in [6.07, 6.45) is 9.12. The van der Waals surface area contributed by atoms with Gasteiger partial charge in [0.2, 0.25) is 5.91 Å². The third-order valence-electron chi connectivity index (χ3n) is 5.53. The number of hydrogen-bond donors (Lipinski definition) is 1. The van der Waals surface area contributed by atoms with E-state index in [2.05, 4.69) is 17.1 Å². The Morgan fingerprint density at radius 1 is 1.31 bits per heavy atom. The van der Waals surface area contributed by atoms with Crippen molar-refractivity contribution < 1.29 is 4.79 Å². The monoisotopic (exact) mass is 457 g/mol. The zero-order chi connectivity index (χ0) is 19.9. The van der Waals surface area contributed by atoms with Gasteiger partial charge in [-0.3, -0.25) is 9.79 Å². The highest BCUT2D eigenvalue weighted by atomic mass is 35.5. The fourth-order valence-corrected chi connectivity index (χ4v) is 5.44. The number of amides is 1. The molecule has 0 aromatic heterocycles. The Balaban J connectivity index is 0.00000300. The van der Waals surface area contributed by atoms with Gasteiger partial charge in [-0.25, -0.2) is 0 Å². The summed E-state index contributed by atoms with van der Waals surface area (Å²) in [7, 11) is 0. The predicted octanol–water partition coefficient (Wildman–Crippen LogP) is 6.31. The van der Waals surface area contributed by atoms with E-state index in [1.165, 1.54) is 32.1 Å². The van der Waals surface area contributed by atoms with Crippen molar-refractivity contribution in [2.24, 2.45) is 4.99 Å². The van der Waals surface area contributed by atoms with Gasteiger partial charge in [0, 0.05) is 24.8 Å². The maximum absolute atomic E-state index is 12.7. The molecule has 1 aliphatic carbocycles. The van der Waals surface area contributed by atoms with Crippen LogP contribution in [0, 0.1) is 6.92 Å². The average Bonchev–Trinajstić information content (AvgIpc) is 3.04. The van der Waals surface area contributed by atoms with Gasteiger partial charge in [0.25, 0.3) is 0 Å². The number of nitrogens with one attached hydrogen (secondary N) is 1. The highest BCUT2D eigenvalue weighted by Crippen LogP contribution is 2.30. The van der Waals surface area contributed by atoms with Gasteiger partial charge in [0.15, 0.2) is 5.17 Å². The van der Waals surface area contributed by atoms with Crippen molar-refractivity contribution in [1.82, 2.24) is 4.90 Å². The summed E-state index contributed by atoms with van der Waals surface area (Å²) in [6, 6.07) is 6.41. The highest BCUT2D eigenvalue weighted by Gasteiger charge is 2.32. The van der Waals surface area contributed by atoms with Crippen LogP contribution in [0.5, 0.6) is 0 Å². The Morgan fingerprint density at radius 3 is 2.76 bits per heavy atom. The van der Waals surface area contributed by atoms with Crippen molar-refractivity contribution in [3.63, 3.8) is 0 Å². The second kappa shape index (κ2) is 12.1. The number of carbonyl (C=O) groups is 1. The van der Waals surface area contributed by atoms with E-state index < -0.39 is 0 Å². The lowest BCUT2D eigenvalue weighted by atomic mass is 9.96. The number of unbranched alkanes of at least 4 members (excludes halogenated alkanes) is 1. The van der Waals surface area contributed by atoms with Crippen LogP contribution in [0.25, 0.3) is 0 Å². The molecule has 1 aliphatic heterocycles. The summed E-state index contributed by atoms with van der Waals surface area (Å²) in [5.41, 5.74) is 1.78. The number of nitrogens with zero attached hydrogens (tertiary/aromatic N) is 2. The molecule has 3 rings (SSSR count). The van der Waals surface area contributed by atoms with Gasteiger partial charge < -0.3 is 10.2 Å². The van der Waals surface area contributed by atoms with Crippen LogP contribution in [0.1, 0.15) is 63.9 Å². The molecular formula is C22H33Cl2N3OS. The quantitative estimate of drug-likeness (QED) is 0.521. The van der Waals surface area contributed by atoms with Crippen LogP contribution in [0.15, 0.2) is 23.2 Å². The summed E-state index contributed by atoms with van der Waals surface area (Å²) in [6.45, 7) is 5.19. The lowest BCUT2D eigenvalue weighted by Crippen LogP contribution is -2.38. The highest BCUT2D eigenvalue weighted by molar-refractivity contribution is 8.14. The van der Waals surface area contributed by atoms with E-state index in [4.69, 9.17) is 16.6 Å². The van der Waals surface area contributed by atoms with Crippen LogP contribution in [0.2, 0.25) is 5.02 Å². The number of thioether (sulfide) groups is 1. The summed E-state index contributed by atoms with van der Waals surface area (Å²) in [5, 5.41) is 4.74. The van der Waals surface area contributed by atoms with E-state index in [-0.39, 0.29) is 24.4 Å². The number of hydrogen-bond acceptors (Lipinski definition) is 3. The van der Waals surface area contributed by atoms with Crippen molar-refractivity contribution in [3.05, 3.63) is 28.8 Å². The van der Waals surface area contributed by atoms with Crippen LogP contribution < -0.4 is 5.32 Å². The van der Waals surface area contributed by atoms with Crippen LogP contribution in [-0.2, 0) is 4.79 Å². The molecule has 1 amide bonds. The second-order valence-corrected chi connectivity index (χ2v) is 9.35. The lowest BCUT2D eigenvalue weighted by molar-refractivity contribution is -0.116. The number of rotatable bonds is 7. The molecule has 1 aromatic rings. The first-order valence-corrected chi connectivity index (χ1v) is 12.0. The molecule has 1 atom stereocenters. The number of benzene rings is 1. The molecule has 2 fully saturated rings. The number of aryl methyl sites for hydroxylation is 1. The van der Waals surface area contributed by atoms with Gasteiger partial charge in [-0.2, -0.15) is 0 Å². The standard InChI is InChI=1S/C22H32ClN3OS.ClH/c1-3-4-12-26-18(15-28-22(26)24-17-8-6-5-7-9-17)14-21(27)25-20-11-10-16(2)13-19(20)23;/h10-11,13,17-18H,3-9,12,14-15H2,1-2H3,(H,25,27);1H/b24-22-;. The number of carbonyl (C=O) groups excluding carboxylic acids is 1. The molecule has 1 N–H and O–H groups in total. The SMILES string of the molecule is CCCCN1/C(=N/C2CCCCC2)SCC1CC(=O)Nc1ccc(C)cc1Cl.Cl. The largest absolute Gasteiger partial charge is 0.347 e. The fraction of sp³-hybridized carbons (Fsp3) is 0.636. The number of anilines is 1. The fourth-order valence-electron chi connectivity index (χ4n) is 3.89. The molecule has 0 spiro atoms. The molecule has 1 heterocycles. The zero-order valence-corrected chi connectivity index (χ0v) is 19.8. The third-order valence-corrected chi connectivity index (χ3v) is 6.99. The van der Waals surface area contributed by atoms with E-state index in [0.717, 1.165) is 35.9 Å². The molecule has 0 radical (unpaired) electrons. The first-order chi connectivity index (χ1) is 13.6. The number of aliphatic imine (C=N–C) groups is 1. The molecule has 0 bridgehead atoms. The molecule has 29 heavy (non-hydrogen) atoms. The topological polar surface area (TPSA) is 44.7 Å². The Bertz CT molecular complexity index is 707. The Labute approximate surface area is 190 Å². The first-order valence-electron chi connectivity index (χ1n) is 10.6. The van der Waals surface area contributed by atoms with E-state index in [1.54, 1.807) is 0 Å². The van der Waals surface area contributed by atoms with Crippen molar-refractivity contribution in [2.75, 3.05) is 17.6 Å². The van der Waals surface area contributed by atoms with Crippen molar-refractivity contribution in [2.45, 2.75) is 77.3 Å². The van der Waals surface area contributed by atoms with Crippen LogP contribution in [0.4, 0.5) is 5.69 Å². The van der Waals surface area contributed by atoms with E-state index in [9.17, 15) is 4.79 Å². The minimum Gasteiger partial charge on any atom is -0.347 e. The summed E-state index contributed by atoms with van der Waals surface area (Å²) in [5.74, 6) is 0.960. The summed E-state index contributed by atoms with van der Waals surface area (Å²) >= 11 is 8.10. The third kappa shape index (κ3) is 7.08. The predicted molar refractivity (Wildman–Crippen MR) is 129 cm³/mol. The number of halogens is 2. The summed E-state index contributed by atoms with van der Waals surface area (Å²) in [4.78, 5) is 20.2. The molecular weight excluding hydrogens is 425 g/mol. The van der Waals surface area contributed by atoms with Gasteiger partial charge in [-0.05, 0) is 43.9 Å². The normalized spacial score (nSPS) is 21.3. The molecule has 2 aliphatic rings. The van der Waals surface area contributed by atoms with Crippen LogP contribution in [0.3, 0.4) is 0 Å². The first kappa shape index (κ1) is 24.4. The van der Waals surface area contributed by atoms with Crippen molar-refractivity contribution in [3.8, 4) is 0 Å². The lowest BCUT2D eigenvalue weighted by Gasteiger charge is -2.27. The molecule has 1 saturated carbocycles. The van der Waals surface area contributed by atoms with E-state index >= 15 is 0 Å². The van der Waals surface area contributed by atoms with Gasteiger partial charge in [0.1, 0.15) is 0 Å². The Morgan fingerprint density at radius 2 is 2.07 bits per heavy atom. The molecule has 7 heteroatoms. The van der Waals surface area contributed by atoms with Crippen molar-refractivity contribution in [1.29, 1.82) is 0 Å². The minimum absolute atomic E-state index is 0. The van der Waals surface area contributed by atoms with Gasteiger partial charge in [-0.1, -0.05) is 62.0 Å². The Kier molecular flexibility index (Phi) is 10.1. The molecule has 1 saturated heterocycles. The average molecular weight is 458 g/mol. The smallest absolute Gasteiger partial charge is 0.226 e. The van der Waals surface area contributed by atoms with Gasteiger partial charge >= 0.3 is 0 Å². The van der Waals surface area contributed by atoms with Gasteiger partial charge in [-0.15, -0.1) is 12.4 Å². The van der Waals surface area contributed by atoms with Crippen LogP contribution in [-0.4, -0.2) is 40.4 Å². The molecule has 162 valence electrons. The maximum Gasteiger partial charge on any atom is 0.226 e. The minimum atomic E-state index is 0. The Hall–Kier alpha value is -0.910. The summed E-state index contributed by atoms with van der Waals surface area (Å²) < 4.78 is 0. The molecule has 1 unspecified atom stereocenters. The molecule has 1 aromatic carbocycles. The zero-order valence-electron chi connectivity index (χ0n) is 17.5. The van der Waals surface area contributed by atoms with E-state index in [1.807, 2.05) is 36.9 Å². The van der Waals surface area contributed by atoms with Crippen LogP contribution >= 0.6 is 35.8 Å².